The van der Waals surface area contributed by atoms with E-state index < -0.39 is 0 Å². The van der Waals surface area contributed by atoms with Crippen LogP contribution in [-0.2, 0) is 0 Å². The summed E-state index contributed by atoms with van der Waals surface area (Å²) in [7, 11) is 0. The molecule has 0 N–H and O–H groups in total. The van der Waals surface area contributed by atoms with Crippen LogP contribution in [0.1, 0.15) is 0 Å². The molecule has 15 aromatic rings. The van der Waals surface area contributed by atoms with Gasteiger partial charge in [-0.15, -0.1) is 0 Å². The Hall–Kier alpha value is -8.90. The first kappa shape index (κ1) is 32.0. The van der Waals surface area contributed by atoms with Crippen molar-refractivity contribution in [2.45, 2.75) is 0 Å². The summed E-state index contributed by atoms with van der Waals surface area (Å²) in [5, 5.41) is 9.63. The number of hydrogen-bond donors (Lipinski definition) is 0. The molecule has 0 aliphatic heterocycles. The smallest absolute Gasteiger partial charge is 0.162 e. The van der Waals surface area contributed by atoms with Gasteiger partial charge in [-0.25, -0.2) is 39.9 Å². The lowest BCUT2D eigenvalue weighted by molar-refractivity contribution is 1.14. The molecule has 10 aromatic heterocycles. The third-order valence-corrected chi connectivity index (χ3v) is 12.6. The highest BCUT2D eigenvalue weighted by molar-refractivity contribution is 6.23. The van der Waals surface area contributed by atoms with Gasteiger partial charge < -0.3 is 0 Å². The van der Waals surface area contributed by atoms with E-state index in [0.29, 0.717) is 22.6 Å². The minimum atomic E-state index is 0.505. The lowest BCUT2D eigenvalue weighted by atomic mass is 10.1. The van der Waals surface area contributed by atoms with Crippen molar-refractivity contribution in [3.8, 4) is 0 Å². The molecule has 12 nitrogen and oxygen atoms in total. The van der Waals surface area contributed by atoms with Crippen molar-refractivity contribution in [3.63, 3.8) is 0 Å². The third-order valence-electron chi connectivity index (χ3n) is 12.6. The molecule has 0 radical (unpaired) electrons. The number of fused-ring (bicyclic) bond motifs is 30. The second-order valence-electron chi connectivity index (χ2n) is 15.7. The molecule has 15 rings (SSSR count). The van der Waals surface area contributed by atoms with Gasteiger partial charge in [-0.05, 0) is 60.7 Å². The number of para-hydroxylation sites is 4. The normalized spacial score (nSPS) is 12.5. The van der Waals surface area contributed by atoms with E-state index in [4.69, 9.17) is 39.9 Å². The van der Waals surface area contributed by atoms with Crippen LogP contribution in [0.25, 0.3) is 132 Å². The molecule has 62 heavy (non-hydrogen) atoms. The van der Waals surface area contributed by atoms with Crippen LogP contribution in [0.5, 0.6) is 0 Å². The van der Waals surface area contributed by atoms with E-state index in [1.54, 1.807) is 0 Å². The molecular weight excluding hydrogens is 769 g/mol. The number of hydrogen-bond acceptors (Lipinski definition) is 8. The first-order valence-corrected chi connectivity index (χ1v) is 20.4. The van der Waals surface area contributed by atoms with Crippen molar-refractivity contribution in [1.82, 2.24) is 57.5 Å². The lowest BCUT2D eigenvalue weighted by Crippen LogP contribution is -1.95. The third kappa shape index (κ3) is 4.00. The maximum absolute atomic E-state index is 5.38. The second-order valence-corrected chi connectivity index (χ2v) is 15.7. The highest BCUT2D eigenvalue weighted by Gasteiger charge is 2.22. The van der Waals surface area contributed by atoms with Gasteiger partial charge in [0.2, 0.25) is 0 Å². The molecule has 0 spiro atoms. The minimum Gasteiger partial charge on any atom is -0.279 e. The van der Waals surface area contributed by atoms with E-state index >= 15 is 0 Å². The van der Waals surface area contributed by atoms with E-state index in [2.05, 4.69) is 127 Å². The summed E-state index contributed by atoms with van der Waals surface area (Å²) in [6.45, 7) is 0. The van der Waals surface area contributed by atoms with E-state index in [0.717, 1.165) is 110 Å². The van der Waals surface area contributed by atoms with Crippen molar-refractivity contribution in [2.75, 3.05) is 0 Å². The number of nitrogens with zero attached hydrogens (tertiary/aromatic N) is 12. The van der Waals surface area contributed by atoms with Gasteiger partial charge in [0, 0.05) is 78.6 Å². The molecular formula is C50H26N12. The van der Waals surface area contributed by atoms with Crippen LogP contribution in [0.3, 0.4) is 0 Å². The summed E-state index contributed by atoms with van der Waals surface area (Å²) in [5.41, 5.74) is 11.0. The average molecular weight is 795 g/mol. The zero-order chi connectivity index (χ0) is 40.2. The maximum Gasteiger partial charge on any atom is 0.162 e. The van der Waals surface area contributed by atoms with Crippen LogP contribution < -0.4 is 0 Å². The molecule has 0 fully saturated rings. The predicted molar refractivity (Wildman–Crippen MR) is 245 cm³/mol. The van der Waals surface area contributed by atoms with Gasteiger partial charge in [0.15, 0.2) is 22.6 Å². The molecule has 0 saturated heterocycles. The average Bonchev–Trinajstić information content (AvgIpc) is 4.05. The maximum atomic E-state index is 5.38. The van der Waals surface area contributed by atoms with Crippen molar-refractivity contribution in [2.24, 2.45) is 0 Å². The van der Waals surface area contributed by atoms with Crippen molar-refractivity contribution >= 4 is 132 Å². The van der Waals surface area contributed by atoms with E-state index in [-0.39, 0.29) is 0 Å². The zero-order valence-electron chi connectivity index (χ0n) is 32.4. The Kier molecular flexibility index (Phi) is 5.90. The van der Waals surface area contributed by atoms with Crippen molar-refractivity contribution in [3.05, 3.63) is 158 Å². The molecule has 10 heterocycles. The molecule has 0 saturated carbocycles. The molecule has 5 aromatic carbocycles. The first-order valence-electron chi connectivity index (χ1n) is 20.4. The number of aromatic nitrogens is 12. The molecule has 8 bridgehead atoms. The monoisotopic (exact) mass is 794 g/mol. The quantitative estimate of drug-likeness (QED) is 0.149. The van der Waals surface area contributed by atoms with Crippen LogP contribution in [0.2, 0.25) is 0 Å². The summed E-state index contributed by atoms with van der Waals surface area (Å²) in [6, 6.07) is 45.9. The van der Waals surface area contributed by atoms with Gasteiger partial charge >= 0.3 is 0 Å². The highest BCUT2D eigenvalue weighted by atomic mass is 15.1. The van der Waals surface area contributed by atoms with Crippen molar-refractivity contribution < 1.29 is 0 Å². The predicted octanol–water partition coefficient (Wildman–Crippen LogP) is 10.5. The molecule has 0 amide bonds. The molecule has 0 aliphatic carbocycles. The largest absolute Gasteiger partial charge is 0.279 e. The summed E-state index contributed by atoms with van der Waals surface area (Å²) < 4.78 is 8.89. The molecule has 0 aliphatic rings. The fourth-order valence-electron chi connectivity index (χ4n) is 10.1. The Morgan fingerprint density at radius 3 is 0.806 bits per heavy atom. The standard InChI is InChI=1S/C50H26N12/c1-5-13-35-27(9-1)43-28-10-2-6-14-36(28)60-40-18-22-52-46(56-40)32-26-34-33(25-31(32)45-51-21-17-39(55-45)59(35)49(43)60)47-53-23-19-41(57-47)61-37-15-7-3-11-29(37)44-30-12-4-8-16-38(30)62(50(44)61)42-20-24-54-48(34)58-42/h1-26H. The Labute approximate surface area is 347 Å². The minimum absolute atomic E-state index is 0.505. The SMILES string of the molecule is c1ccc2c(c1)c1c3ccccc3n3c4ccnc(n4)c4cc5c6nccc(n6)n6c7ccccc7c7c8ccccc8n(c8ccnc(n8)c5cc4c4nccc(n4)n2c13)c76. The Morgan fingerprint density at radius 2 is 0.532 bits per heavy atom. The van der Waals surface area contributed by atoms with E-state index in [9.17, 15) is 0 Å². The summed E-state index contributed by atoms with van der Waals surface area (Å²) in [6.07, 6.45) is 7.30. The van der Waals surface area contributed by atoms with Gasteiger partial charge in [0.25, 0.3) is 0 Å². The Balaban J connectivity index is 1.22. The fraction of sp³-hybridized carbons (Fsp3) is 0. The second kappa shape index (κ2) is 11.4. The van der Waals surface area contributed by atoms with Crippen LogP contribution in [-0.4, -0.2) is 57.5 Å². The van der Waals surface area contributed by atoms with Gasteiger partial charge in [-0.3, -0.25) is 17.6 Å². The molecule has 0 unspecified atom stereocenters. The molecule has 0 atom stereocenters. The Bertz CT molecular complexity index is 4020. The zero-order valence-corrected chi connectivity index (χ0v) is 32.4. The molecule has 12 heteroatoms. The van der Waals surface area contributed by atoms with Gasteiger partial charge in [0.05, 0.1) is 22.1 Å². The molecule has 286 valence electrons. The van der Waals surface area contributed by atoms with Gasteiger partial charge in [0.1, 0.15) is 33.9 Å². The van der Waals surface area contributed by atoms with Gasteiger partial charge in [-0.1, -0.05) is 72.8 Å². The van der Waals surface area contributed by atoms with E-state index in [1.165, 1.54) is 0 Å². The summed E-state index contributed by atoms with van der Waals surface area (Å²) in [4.78, 5) is 41.3. The topological polar surface area (TPSA) is 121 Å². The highest BCUT2D eigenvalue weighted by Crippen LogP contribution is 2.40. The Morgan fingerprint density at radius 1 is 0.274 bits per heavy atom. The van der Waals surface area contributed by atoms with Crippen LogP contribution in [0.15, 0.2) is 158 Å². The fourth-order valence-corrected chi connectivity index (χ4v) is 10.1. The number of benzene rings is 5. The summed E-state index contributed by atoms with van der Waals surface area (Å²) in [5.74, 6) is 0. The number of rotatable bonds is 0. The van der Waals surface area contributed by atoms with Gasteiger partial charge in [-0.2, -0.15) is 0 Å². The van der Waals surface area contributed by atoms with Crippen LogP contribution >= 0.6 is 0 Å². The first-order chi connectivity index (χ1) is 30.8. The summed E-state index contributed by atoms with van der Waals surface area (Å²) >= 11 is 0. The lowest BCUT2D eigenvalue weighted by Gasteiger charge is -2.04. The van der Waals surface area contributed by atoms with Crippen LogP contribution in [0, 0.1) is 0 Å². The van der Waals surface area contributed by atoms with E-state index in [1.807, 2.05) is 49.1 Å². The van der Waals surface area contributed by atoms with Crippen molar-refractivity contribution in [1.29, 1.82) is 0 Å². The van der Waals surface area contributed by atoms with Crippen LogP contribution in [0.4, 0.5) is 0 Å².